The maximum absolute atomic E-state index is 15.9. The van der Waals surface area contributed by atoms with Crippen LogP contribution in [-0.2, 0) is 90.9 Å². The third-order valence-electron chi connectivity index (χ3n) is 22.0. The van der Waals surface area contributed by atoms with Gasteiger partial charge in [-0.25, -0.2) is 0 Å². The number of carbonyl (C=O) groups excluding carboxylic acids is 15. The number of rotatable bonds is 57. The van der Waals surface area contributed by atoms with Crippen LogP contribution in [-0.4, -0.2) is 464 Å². The zero-order chi connectivity index (χ0) is 109. The van der Waals surface area contributed by atoms with E-state index in [-0.39, 0.29) is 115 Å². The zero-order valence-electron chi connectivity index (χ0n) is 79.4. The van der Waals surface area contributed by atoms with E-state index in [9.17, 15) is 157 Å². The molecule has 0 unspecified atom stereocenters. The summed E-state index contributed by atoms with van der Waals surface area (Å²) in [4.78, 5) is 229. The average molecular weight is 2090 g/mol. The third-order valence-corrected chi connectivity index (χ3v) is 22.0. The van der Waals surface area contributed by atoms with Gasteiger partial charge in [-0.2, -0.15) is 119 Å². The molecular formula is C79H118F27N15O19. The zero-order valence-corrected chi connectivity index (χ0v) is 79.4. The van der Waals surface area contributed by atoms with Gasteiger partial charge < -0.3 is 92.4 Å². The first-order valence-corrected chi connectivity index (χ1v) is 43.3. The maximum Gasteiger partial charge on any atom is 0.435 e. The lowest BCUT2D eigenvalue weighted by molar-refractivity contribution is -0.474. The van der Waals surface area contributed by atoms with E-state index in [1.165, 1.54) is 111 Å². The molecule has 0 fully saturated rings. The summed E-state index contributed by atoms with van der Waals surface area (Å²) in [6.07, 6.45) is -76.1. The van der Waals surface area contributed by atoms with Crippen LogP contribution in [0.1, 0.15) is 111 Å². The Hall–Kier alpha value is -10.0. The van der Waals surface area contributed by atoms with Gasteiger partial charge >= 0.3 is 72.4 Å². The summed E-state index contributed by atoms with van der Waals surface area (Å²) in [5, 5.41) is 0. The van der Waals surface area contributed by atoms with Gasteiger partial charge in [-0.05, 0) is 111 Å². The van der Waals surface area contributed by atoms with Crippen LogP contribution in [0.4, 0.5) is 119 Å². The van der Waals surface area contributed by atoms with Gasteiger partial charge in [0, 0.05) is 105 Å². The van der Waals surface area contributed by atoms with Crippen LogP contribution in [0.5, 0.6) is 0 Å². The molecule has 0 aromatic carbocycles. The molecule has 0 aromatic heterocycles. The lowest BCUT2D eigenvalue weighted by Gasteiger charge is -2.45. The molecule has 0 saturated heterocycles. The topological polar surface area (TPSA) is 342 Å². The molecule has 0 N–H and O–H groups in total. The molecular weight excluding hydrogens is 1980 g/mol. The Morgan fingerprint density at radius 2 is 0.257 bits per heavy atom. The molecule has 61 heteroatoms. The minimum atomic E-state index is -8.46. The first kappa shape index (κ1) is 130. The molecule has 812 valence electrons. The predicted molar refractivity (Wildman–Crippen MR) is 433 cm³/mol. The minimum Gasteiger partial charge on any atom is -0.371 e. The Morgan fingerprint density at radius 1 is 0.157 bits per heavy atom. The fourth-order valence-electron chi connectivity index (χ4n) is 13.6. The van der Waals surface area contributed by atoms with Gasteiger partial charge in [-0.1, -0.05) is 0 Å². The summed E-state index contributed by atoms with van der Waals surface area (Å²) in [6, 6.07) is 0. The van der Waals surface area contributed by atoms with Crippen molar-refractivity contribution in [1.82, 2.24) is 73.5 Å². The van der Waals surface area contributed by atoms with Crippen LogP contribution in [0.15, 0.2) is 0 Å². The number of carbonyl (C=O) groups is 15. The molecule has 0 spiro atoms. The van der Waals surface area contributed by atoms with E-state index in [0.29, 0.717) is 19.6 Å². The summed E-state index contributed by atoms with van der Waals surface area (Å²) < 4.78 is 413. The first-order valence-electron chi connectivity index (χ1n) is 43.3. The van der Waals surface area contributed by atoms with Crippen molar-refractivity contribution in [2.75, 3.05) is 229 Å². The smallest absolute Gasteiger partial charge is 0.371 e. The number of hydrogen-bond acceptors (Lipinski definition) is 19. The van der Waals surface area contributed by atoms with Crippen LogP contribution < -0.4 is 0 Å². The molecule has 0 atom stereocenters. The maximum atomic E-state index is 15.9. The Bertz CT molecular complexity index is 3430. The third kappa shape index (κ3) is 33.8. The van der Waals surface area contributed by atoms with Gasteiger partial charge in [0.1, 0.15) is 98.2 Å². The van der Waals surface area contributed by atoms with Crippen molar-refractivity contribution in [2.45, 2.75) is 183 Å². The molecule has 0 aliphatic carbocycles. The van der Waals surface area contributed by atoms with Gasteiger partial charge in [0.2, 0.25) is 88.6 Å². The van der Waals surface area contributed by atoms with E-state index in [0.717, 1.165) is 39.2 Å². The van der Waals surface area contributed by atoms with E-state index in [1.807, 2.05) is 0 Å². The van der Waals surface area contributed by atoms with E-state index >= 15 is 33.6 Å². The molecule has 0 rings (SSSR count). The number of amides is 15. The average Bonchev–Trinajstić information content (AvgIpc) is 0.738. The van der Waals surface area contributed by atoms with Crippen molar-refractivity contribution in [3.8, 4) is 0 Å². The van der Waals surface area contributed by atoms with Gasteiger partial charge in [-0.15, -0.1) is 0 Å². The van der Waals surface area contributed by atoms with Crippen LogP contribution in [0, 0.1) is 5.41 Å². The summed E-state index contributed by atoms with van der Waals surface area (Å²) in [5.74, 6) is -22.2. The number of ether oxygens (including phenoxy) is 4. The Balaban J connectivity index is 11.2. The Labute approximate surface area is 787 Å². The Kier molecular flexibility index (Phi) is 50.6. The molecule has 15 amide bonds. The number of hydrogen-bond donors (Lipinski definition) is 0. The van der Waals surface area contributed by atoms with Crippen molar-refractivity contribution in [2.24, 2.45) is 5.41 Å². The summed E-state index contributed by atoms with van der Waals surface area (Å²) in [6.45, 7) is -22.6. The standard InChI is InChI=1S/C79H118F27N15O19/c1-17-107(18-2)52(122)33-115(34-53(123)108(19-3)20-4)60(130)41-119(42-61(131)116(35-54(124)109(21-5)22-6)36-55(125)110(23-7)24-8)64(134)45-121(46-65(135)120(43-62(132)117(37-56(126)111(25-9)26-10)38-57(127)112(27-11)28-12)44-63(133)118(39-58(128)113(29-13)30-14)40-59(129)114(31-15)32-16)66(136)47-137-48-67(49-138-68(71(80,81)82,72(83,84)85)73(86,87)88,50-139-69(74(89,90)91,75(92,93)94)76(95,96)97)51-140-70(77(98,99)100,78(101,102)103)79(104,105)106/h17-51H2,1-16H3. The van der Waals surface area contributed by atoms with Gasteiger partial charge in [0.05, 0.1) is 31.8 Å². The van der Waals surface area contributed by atoms with Gasteiger partial charge in [0.15, 0.2) is 0 Å². The molecule has 0 heterocycles. The van der Waals surface area contributed by atoms with Crippen LogP contribution in [0.3, 0.4) is 0 Å². The highest BCUT2D eigenvalue weighted by molar-refractivity contribution is 5.99. The fourth-order valence-corrected chi connectivity index (χ4v) is 13.6. The molecule has 0 radical (unpaired) electrons. The molecule has 0 saturated carbocycles. The molecule has 0 bridgehead atoms. The number of nitrogens with zero attached hydrogens (tertiary/aromatic N) is 15. The second-order valence-electron chi connectivity index (χ2n) is 30.7. The largest absolute Gasteiger partial charge is 0.435 e. The lowest BCUT2D eigenvalue weighted by Crippen LogP contribution is -2.71. The molecule has 0 aliphatic rings. The summed E-state index contributed by atoms with van der Waals surface area (Å²) in [7, 11) is 0. The van der Waals surface area contributed by atoms with Crippen molar-refractivity contribution >= 4 is 88.6 Å². The Morgan fingerprint density at radius 3 is 0.357 bits per heavy atom. The summed E-state index contributed by atoms with van der Waals surface area (Å²) >= 11 is 0. The van der Waals surface area contributed by atoms with Crippen molar-refractivity contribution in [1.29, 1.82) is 0 Å². The number of likely N-dealkylation sites (N-methyl/N-ethyl adjacent to an activating group) is 8. The van der Waals surface area contributed by atoms with Crippen molar-refractivity contribution in [3.63, 3.8) is 0 Å². The highest BCUT2D eigenvalue weighted by Gasteiger charge is 2.89. The quantitative estimate of drug-likeness (QED) is 0.0550. The SMILES string of the molecule is CCN(CC)C(=O)CN(CC(=O)N(CC)CC)C(=O)CN(CC(=O)N(CC(=O)N(CC)CC)CC(=O)N(CC)CC)C(=O)CN(CC(=O)N(CC(=O)N(CC(=O)N(CC)CC)CC(=O)N(CC)CC)CC(=O)N(CC(=O)N(CC)CC)CC(=O)N(CC)CC)C(=O)COCC(COC(C(F)(F)F)(C(F)(F)F)C(F)(F)F)(COC(C(F)(F)F)(C(F)(F)F)C(F)(F)F)COC(C(F)(F)F)(C(F)(F)F)C(F)(F)F. The highest BCUT2D eigenvalue weighted by Crippen LogP contribution is 2.60. The monoisotopic (exact) mass is 2090 g/mol. The van der Waals surface area contributed by atoms with Gasteiger partial charge in [-0.3, -0.25) is 71.9 Å². The number of halogens is 27. The first-order chi connectivity index (χ1) is 64.1. The van der Waals surface area contributed by atoms with E-state index in [4.69, 9.17) is 0 Å². The lowest BCUT2D eigenvalue weighted by atomic mass is 9.89. The second kappa shape index (κ2) is 54.5. The van der Waals surface area contributed by atoms with Crippen LogP contribution >= 0.6 is 0 Å². The number of alkyl halides is 27. The van der Waals surface area contributed by atoms with E-state index < -0.39 is 296 Å². The van der Waals surface area contributed by atoms with Gasteiger partial charge in [0.25, 0.3) is 0 Å². The van der Waals surface area contributed by atoms with Crippen molar-refractivity contribution < 1.29 is 209 Å². The normalized spacial score (nSPS) is 12.8. The summed E-state index contributed by atoms with van der Waals surface area (Å²) in [5.41, 5.74) is -31.0. The molecule has 0 aromatic rings. The van der Waals surface area contributed by atoms with E-state index in [1.54, 1.807) is 0 Å². The molecule has 140 heavy (non-hydrogen) atoms. The fraction of sp³-hybridized carbons (Fsp3) is 0.810. The van der Waals surface area contributed by atoms with E-state index in [2.05, 4.69) is 18.9 Å². The van der Waals surface area contributed by atoms with Crippen molar-refractivity contribution in [3.05, 3.63) is 0 Å². The van der Waals surface area contributed by atoms with Crippen LogP contribution in [0.2, 0.25) is 0 Å². The predicted octanol–water partition coefficient (Wildman–Crippen LogP) is 7.06. The minimum absolute atomic E-state index is 0.0857. The molecule has 0 aliphatic heterocycles. The molecule has 34 nitrogen and oxygen atoms in total. The second-order valence-corrected chi connectivity index (χ2v) is 30.7. The van der Waals surface area contributed by atoms with Crippen LogP contribution in [0.25, 0.3) is 0 Å². The highest BCUT2D eigenvalue weighted by atomic mass is 19.5.